The summed E-state index contributed by atoms with van der Waals surface area (Å²) in [6, 6.07) is 0. The first-order valence-electron chi connectivity index (χ1n) is 4.74. The summed E-state index contributed by atoms with van der Waals surface area (Å²) in [5.41, 5.74) is 0. The third-order valence-corrected chi connectivity index (χ3v) is 3.50. The van der Waals surface area contributed by atoms with Crippen LogP contribution >= 0.6 is 11.8 Å². The van der Waals surface area contributed by atoms with Crippen molar-refractivity contribution in [2.45, 2.75) is 25.6 Å². The first-order valence-corrected chi connectivity index (χ1v) is 5.55. The molecule has 0 atom stereocenters. The second-order valence-electron chi connectivity index (χ2n) is 3.67. The lowest BCUT2D eigenvalue weighted by Crippen LogP contribution is -2.35. The van der Waals surface area contributed by atoms with Crippen molar-refractivity contribution < 1.29 is 14.3 Å². The number of likely N-dealkylation sites (N-methyl/N-ethyl adjacent to an activating group) is 1. The van der Waals surface area contributed by atoms with Gasteiger partial charge in [-0.25, -0.2) is 4.79 Å². The van der Waals surface area contributed by atoms with Crippen molar-refractivity contribution >= 4 is 23.6 Å². The molecule has 0 aromatic carbocycles. The summed E-state index contributed by atoms with van der Waals surface area (Å²) in [4.78, 5) is 24.6. The third-order valence-electron chi connectivity index (χ3n) is 2.22. The van der Waals surface area contributed by atoms with Gasteiger partial charge in [-0.3, -0.25) is 4.79 Å². The molecule has 1 heterocycles. The molecular weight excluding hydrogens is 214 g/mol. The van der Waals surface area contributed by atoms with Gasteiger partial charge < -0.3 is 9.64 Å². The molecule has 0 saturated carbocycles. The molecule has 0 radical (unpaired) electrons. The topological polar surface area (TPSA) is 46.6 Å². The quantitative estimate of drug-likeness (QED) is 0.530. The fourth-order valence-electron chi connectivity index (χ4n) is 1.17. The molecule has 0 N–H and O–H groups in total. The lowest BCUT2D eigenvalue weighted by Gasteiger charge is -2.25. The summed E-state index contributed by atoms with van der Waals surface area (Å²) in [5.74, 6) is -0.586. The predicted octanol–water partition coefficient (Wildman–Crippen LogP) is 1.37. The number of ether oxygens (including phenoxy) is 1. The van der Waals surface area contributed by atoms with E-state index < -0.39 is 5.97 Å². The van der Waals surface area contributed by atoms with Crippen LogP contribution in [-0.2, 0) is 14.3 Å². The highest BCUT2D eigenvalue weighted by Gasteiger charge is 2.40. The minimum absolute atomic E-state index is 0.127. The van der Waals surface area contributed by atoms with Gasteiger partial charge in [-0.05, 0) is 20.8 Å². The zero-order valence-electron chi connectivity index (χ0n) is 9.36. The molecule has 1 aliphatic heterocycles. The van der Waals surface area contributed by atoms with Crippen LogP contribution in [0.15, 0.2) is 11.0 Å². The fraction of sp³-hybridized carbons (Fsp3) is 0.600. The van der Waals surface area contributed by atoms with Crippen molar-refractivity contribution in [3.05, 3.63) is 11.0 Å². The van der Waals surface area contributed by atoms with E-state index in [0.29, 0.717) is 11.5 Å². The standard InChI is InChI=1S/C10H15NO3S/c1-5-14-8(12)6-7-9(13)11(4)10(2,3)15-7/h6H,5H2,1-4H3/b7-6-. The van der Waals surface area contributed by atoms with Crippen LogP contribution in [0.4, 0.5) is 0 Å². The number of nitrogens with zero attached hydrogens (tertiary/aromatic N) is 1. The zero-order valence-corrected chi connectivity index (χ0v) is 10.2. The highest BCUT2D eigenvalue weighted by Crippen LogP contribution is 2.42. The molecule has 84 valence electrons. The highest BCUT2D eigenvalue weighted by atomic mass is 32.2. The van der Waals surface area contributed by atoms with Crippen LogP contribution in [0.3, 0.4) is 0 Å². The van der Waals surface area contributed by atoms with E-state index in [0.717, 1.165) is 0 Å². The van der Waals surface area contributed by atoms with Gasteiger partial charge in [0.2, 0.25) is 0 Å². The Balaban J connectivity index is 2.82. The van der Waals surface area contributed by atoms with Gasteiger partial charge in [-0.2, -0.15) is 0 Å². The Kier molecular flexibility index (Phi) is 3.44. The number of esters is 1. The van der Waals surface area contributed by atoms with Gasteiger partial charge in [0.25, 0.3) is 5.91 Å². The summed E-state index contributed by atoms with van der Waals surface area (Å²) in [6.07, 6.45) is 1.27. The summed E-state index contributed by atoms with van der Waals surface area (Å²) < 4.78 is 4.76. The maximum Gasteiger partial charge on any atom is 0.332 e. The molecule has 1 aliphatic rings. The number of thioether (sulfide) groups is 1. The largest absolute Gasteiger partial charge is 0.463 e. The number of amides is 1. The SMILES string of the molecule is CCOC(=O)/C=C1\SC(C)(C)N(C)C1=O. The van der Waals surface area contributed by atoms with E-state index in [1.807, 2.05) is 13.8 Å². The van der Waals surface area contributed by atoms with Crippen molar-refractivity contribution in [3.8, 4) is 0 Å². The van der Waals surface area contributed by atoms with Gasteiger partial charge in [-0.1, -0.05) is 11.8 Å². The second kappa shape index (κ2) is 4.26. The molecule has 1 saturated heterocycles. The van der Waals surface area contributed by atoms with E-state index in [1.165, 1.54) is 17.8 Å². The van der Waals surface area contributed by atoms with E-state index in [4.69, 9.17) is 4.74 Å². The molecule has 15 heavy (non-hydrogen) atoms. The van der Waals surface area contributed by atoms with E-state index in [9.17, 15) is 9.59 Å². The van der Waals surface area contributed by atoms with Crippen molar-refractivity contribution in [3.63, 3.8) is 0 Å². The van der Waals surface area contributed by atoms with E-state index in [2.05, 4.69) is 0 Å². The Hall–Kier alpha value is -0.970. The lowest BCUT2D eigenvalue weighted by molar-refractivity contribution is -0.137. The van der Waals surface area contributed by atoms with E-state index in [-0.39, 0.29) is 10.8 Å². The van der Waals surface area contributed by atoms with E-state index in [1.54, 1.807) is 18.9 Å². The van der Waals surface area contributed by atoms with Crippen molar-refractivity contribution in [1.29, 1.82) is 0 Å². The van der Waals surface area contributed by atoms with Crippen molar-refractivity contribution in [2.24, 2.45) is 0 Å². The van der Waals surface area contributed by atoms with Crippen molar-refractivity contribution in [1.82, 2.24) is 4.90 Å². The number of hydrogen-bond acceptors (Lipinski definition) is 4. The van der Waals surface area contributed by atoms with Crippen molar-refractivity contribution in [2.75, 3.05) is 13.7 Å². The second-order valence-corrected chi connectivity index (χ2v) is 5.32. The highest BCUT2D eigenvalue weighted by molar-refractivity contribution is 8.05. The summed E-state index contributed by atoms with van der Waals surface area (Å²) in [5, 5.41) is 0. The average Bonchev–Trinajstić information content (AvgIpc) is 2.30. The fourth-order valence-corrected chi connectivity index (χ4v) is 2.31. The summed E-state index contributed by atoms with van der Waals surface area (Å²) in [6.45, 7) is 5.92. The zero-order chi connectivity index (χ0) is 11.6. The lowest BCUT2D eigenvalue weighted by atomic mass is 10.3. The molecule has 4 nitrogen and oxygen atoms in total. The molecule has 5 heteroatoms. The maximum atomic E-state index is 11.7. The molecule has 0 aliphatic carbocycles. The Labute approximate surface area is 93.6 Å². The molecule has 0 aromatic rings. The first kappa shape index (κ1) is 12.1. The molecule has 1 fully saturated rings. The molecule has 1 amide bonds. The number of rotatable bonds is 2. The molecule has 0 unspecified atom stereocenters. The molecule has 0 spiro atoms. The minimum Gasteiger partial charge on any atom is -0.463 e. The van der Waals surface area contributed by atoms with Gasteiger partial charge in [0.05, 0.1) is 16.4 Å². The molecule has 0 aromatic heterocycles. The summed E-state index contributed by atoms with van der Waals surface area (Å²) >= 11 is 1.37. The van der Waals surface area contributed by atoms with Crippen LogP contribution < -0.4 is 0 Å². The van der Waals surface area contributed by atoms with Crippen LogP contribution in [0.25, 0.3) is 0 Å². The van der Waals surface area contributed by atoms with Crippen LogP contribution in [0.2, 0.25) is 0 Å². The first-order chi connectivity index (χ1) is 6.88. The smallest absolute Gasteiger partial charge is 0.332 e. The van der Waals surface area contributed by atoms with Crippen LogP contribution in [0.5, 0.6) is 0 Å². The molecule has 1 rings (SSSR count). The van der Waals surface area contributed by atoms with Gasteiger partial charge in [0.15, 0.2) is 0 Å². The van der Waals surface area contributed by atoms with E-state index >= 15 is 0 Å². The monoisotopic (exact) mass is 229 g/mol. The maximum absolute atomic E-state index is 11.7. The third kappa shape index (κ3) is 2.53. The Bertz CT molecular complexity index is 323. The Morgan fingerprint density at radius 1 is 1.60 bits per heavy atom. The predicted molar refractivity (Wildman–Crippen MR) is 59.2 cm³/mol. The Morgan fingerprint density at radius 2 is 2.20 bits per heavy atom. The van der Waals surface area contributed by atoms with Crippen LogP contribution in [0, 0.1) is 0 Å². The van der Waals surface area contributed by atoms with Gasteiger partial charge in [0, 0.05) is 13.1 Å². The van der Waals surface area contributed by atoms with Gasteiger partial charge in [0.1, 0.15) is 0 Å². The van der Waals surface area contributed by atoms with Gasteiger partial charge >= 0.3 is 5.97 Å². The molecule has 0 bridgehead atoms. The van der Waals surface area contributed by atoms with Gasteiger partial charge in [-0.15, -0.1) is 0 Å². The number of carbonyl (C=O) groups is 2. The number of hydrogen-bond donors (Lipinski definition) is 0. The Morgan fingerprint density at radius 3 is 2.60 bits per heavy atom. The molecular formula is C10H15NO3S. The average molecular weight is 229 g/mol. The minimum atomic E-state index is -0.459. The van der Waals surface area contributed by atoms with Crippen LogP contribution in [0.1, 0.15) is 20.8 Å². The van der Waals surface area contributed by atoms with Crippen LogP contribution in [-0.4, -0.2) is 35.3 Å². The number of carbonyl (C=O) groups excluding carboxylic acids is 2. The normalized spacial score (nSPS) is 22.3. The summed E-state index contributed by atoms with van der Waals surface area (Å²) in [7, 11) is 1.72.